The Bertz CT molecular complexity index is 872. The second-order valence-corrected chi connectivity index (χ2v) is 5.82. The minimum Gasteiger partial charge on any atom is -0.480 e. The van der Waals surface area contributed by atoms with Crippen LogP contribution in [-0.2, 0) is 11.0 Å². The Morgan fingerprint density at radius 1 is 1.37 bits per heavy atom. The number of rotatable bonds is 6. The first-order valence-corrected chi connectivity index (χ1v) is 8.02. The van der Waals surface area contributed by atoms with Crippen molar-refractivity contribution in [3.63, 3.8) is 0 Å². The van der Waals surface area contributed by atoms with Crippen LogP contribution in [0.2, 0.25) is 0 Å². The maximum atomic E-state index is 13.6. The number of allylic oxidation sites excluding steroid dienone is 1. The van der Waals surface area contributed by atoms with Crippen molar-refractivity contribution in [2.45, 2.75) is 32.5 Å². The molecule has 1 heterocycles. The Labute approximate surface area is 153 Å². The molecule has 144 valence electrons. The molecule has 0 spiro atoms. The van der Waals surface area contributed by atoms with Gasteiger partial charge in [-0.05, 0) is 38.0 Å². The van der Waals surface area contributed by atoms with E-state index in [1.807, 2.05) is 0 Å². The molecule has 27 heavy (non-hydrogen) atoms. The van der Waals surface area contributed by atoms with Gasteiger partial charge in [0.15, 0.2) is 5.69 Å². The van der Waals surface area contributed by atoms with E-state index >= 15 is 0 Å². The predicted molar refractivity (Wildman–Crippen MR) is 91.6 cm³/mol. The van der Waals surface area contributed by atoms with Crippen molar-refractivity contribution in [3.8, 4) is 5.69 Å². The topological polar surface area (TPSA) is 84.2 Å². The summed E-state index contributed by atoms with van der Waals surface area (Å²) >= 11 is 0. The van der Waals surface area contributed by atoms with Crippen LogP contribution in [0.4, 0.5) is 13.2 Å². The molecular weight excluding hydrogens is 363 g/mol. The van der Waals surface area contributed by atoms with Crippen LogP contribution in [0.25, 0.3) is 5.69 Å². The molecule has 1 amide bonds. The monoisotopic (exact) mass is 381 g/mol. The number of carbonyl (C=O) groups excluding carboxylic acids is 1. The van der Waals surface area contributed by atoms with Crippen molar-refractivity contribution in [1.82, 2.24) is 15.1 Å². The molecular formula is C18H18F3N3O3. The molecule has 2 rings (SSSR count). The fraction of sp³-hybridized carbons (Fsp3) is 0.278. The minimum absolute atomic E-state index is 0.0507. The van der Waals surface area contributed by atoms with Crippen molar-refractivity contribution in [2.75, 3.05) is 0 Å². The van der Waals surface area contributed by atoms with Crippen LogP contribution in [0.3, 0.4) is 0 Å². The van der Waals surface area contributed by atoms with Crippen molar-refractivity contribution in [3.05, 3.63) is 59.4 Å². The highest BCUT2D eigenvalue weighted by Gasteiger charge is 2.41. The van der Waals surface area contributed by atoms with E-state index < -0.39 is 35.4 Å². The summed E-state index contributed by atoms with van der Waals surface area (Å²) < 4.78 is 41.5. The standard InChI is InChI=1S/C18H18F3N3O3/c1-3-4-8-14(17(26)27)23-16(25)13-10-22-24(15(13)18(19,20)21)12-7-5-6-11(2)9-12/h3-7,9-10,14H,8H2,1-2H3,(H,23,25)(H,26,27)/b4-3+. The molecule has 0 bridgehead atoms. The first-order chi connectivity index (χ1) is 12.6. The molecule has 0 aliphatic carbocycles. The molecule has 0 radical (unpaired) electrons. The highest BCUT2D eigenvalue weighted by atomic mass is 19.4. The van der Waals surface area contributed by atoms with Crippen LogP contribution < -0.4 is 5.32 Å². The molecule has 6 nitrogen and oxygen atoms in total. The number of alkyl halides is 3. The third-order valence-electron chi connectivity index (χ3n) is 3.74. The van der Waals surface area contributed by atoms with Gasteiger partial charge >= 0.3 is 12.1 Å². The summed E-state index contributed by atoms with van der Waals surface area (Å²) in [5.41, 5.74) is -1.14. The maximum absolute atomic E-state index is 13.6. The molecule has 0 saturated carbocycles. The lowest BCUT2D eigenvalue weighted by atomic mass is 10.1. The van der Waals surface area contributed by atoms with E-state index in [1.54, 1.807) is 32.1 Å². The van der Waals surface area contributed by atoms with E-state index in [4.69, 9.17) is 5.11 Å². The zero-order valence-electron chi connectivity index (χ0n) is 14.6. The number of aromatic nitrogens is 2. The first kappa shape index (κ1) is 20.2. The van der Waals surface area contributed by atoms with Crippen LogP contribution in [0.5, 0.6) is 0 Å². The van der Waals surface area contributed by atoms with E-state index in [0.717, 1.165) is 11.8 Å². The number of hydrogen-bond acceptors (Lipinski definition) is 3. The normalized spacial score (nSPS) is 12.9. The van der Waals surface area contributed by atoms with Gasteiger partial charge in [-0.15, -0.1) is 0 Å². The van der Waals surface area contributed by atoms with Crippen LogP contribution in [0.15, 0.2) is 42.6 Å². The van der Waals surface area contributed by atoms with Gasteiger partial charge in [0, 0.05) is 0 Å². The summed E-state index contributed by atoms with van der Waals surface area (Å²) in [5.74, 6) is -2.50. The number of benzene rings is 1. The molecule has 0 saturated heterocycles. The van der Waals surface area contributed by atoms with Crippen molar-refractivity contribution < 1.29 is 27.9 Å². The van der Waals surface area contributed by atoms with Gasteiger partial charge in [0.2, 0.25) is 0 Å². The molecule has 1 atom stereocenters. The lowest BCUT2D eigenvalue weighted by Gasteiger charge is -2.15. The van der Waals surface area contributed by atoms with E-state index in [2.05, 4.69) is 10.4 Å². The number of hydrogen-bond donors (Lipinski definition) is 2. The highest BCUT2D eigenvalue weighted by molar-refractivity contribution is 5.97. The fourth-order valence-electron chi connectivity index (χ4n) is 2.47. The number of amides is 1. The third kappa shape index (κ3) is 4.75. The predicted octanol–water partition coefficient (Wildman–Crippen LogP) is 3.35. The Morgan fingerprint density at radius 2 is 2.07 bits per heavy atom. The summed E-state index contributed by atoms with van der Waals surface area (Å²) in [6.07, 6.45) is -1.05. The highest BCUT2D eigenvalue weighted by Crippen LogP contribution is 2.33. The van der Waals surface area contributed by atoms with Gasteiger partial charge in [-0.2, -0.15) is 18.3 Å². The number of aliphatic carboxylic acids is 1. The second-order valence-electron chi connectivity index (χ2n) is 5.82. The molecule has 2 N–H and O–H groups in total. The molecule has 2 aromatic rings. The quantitative estimate of drug-likeness (QED) is 0.752. The van der Waals surface area contributed by atoms with Crippen LogP contribution in [-0.4, -0.2) is 32.8 Å². The number of nitrogens with one attached hydrogen (secondary N) is 1. The average Bonchev–Trinajstić information content (AvgIpc) is 3.03. The van der Waals surface area contributed by atoms with Gasteiger partial charge in [0.05, 0.1) is 17.4 Å². The summed E-state index contributed by atoms with van der Waals surface area (Å²) in [6.45, 7) is 3.38. The van der Waals surface area contributed by atoms with E-state index in [-0.39, 0.29) is 12.1 Å². The number of halogens is 3. The first-order valence-electron chi connectivity index (χ1n) is 8.02. The van der Waals surface area contributed by atoms with Crippen LogP contribution >= 0.6 is 0 Å². The number of carboxylic acid groups (broad SMARTS) is 1. The fourth-order valence-corrected chi connectivity index (χ4v) is 2.47. The Balaban J connectivity index is 2.45. The summed E-state index contributed by atoms with van der Waals surface area (Å²) in [5, 5.41) is 15.0. The van der Waals surface area contributed by atoms with E-state index in [0.29, 0.717) is 4.68 Å². The average molecular weight is 381 g/mol. The number of aryl methyl sites for hydroxylation is 1. The summed E-state index contributed by atoms with van der Waals surface area (Å²) in [7, 11) is 0. The molecule has 1 aromatic carbocycles. The number of carboxylic acids is 1. The molecule has 0 aliphatic rings. The van der Waals surface area contributed by atoms with Crippen molar-refractivity contribution >= 4 is 11.9 Å². The zero-order valence-corrected chi connectivity index (χ0v) is 14.6. The molecule has 9 heteroatoms. The third-order valence-corrected chi connectivity index (χ3v) is 3.74. The zero-order chi connectivity index (χ0) is 20.2. The Kier molecular flexibility index (Phi) is 6.04. The van der Waals surface area contributed by atoms with Gasteiger partial charge in [-0.1, -0.05) is 24.3 Å². The summed E-state index contributed by atoms with van der Waals surface area (Å²) in [4.78, 5) is 23.6. The van der Waals surface area contributed by atoms with Gasteiger partial charge in [-0.25, -0.2) is 9.48 Å². The van der Waals surface area contributed by atoms with Crippen LogP contribution in [0, 0.1) is 6.92 Å². The van der Waals surface area contributed by atoms with Crippen molar-refractivity contribution in [2.24, 2.45) is 0 Å². The molecule has 0 fully saturated rings. The van der Waals surface area contributed by atoms with Gasteiger partial charge in [0.25, 0.3) is 5.91 Å². The summed E-state index contributed by atoms with van der Waals surface area (Å²) in [6, 6.07) is 4.87. The second kappa shape index (κ2) is 8.07. The largest absolute Gasteiger partial charge is 0.480 e. The lowest BCUT2D eigenvalue weighted by Crippen LogP contribution is -2.41. The Morgan fingerprint density at radius 3 is 2.63 bits per heavy atom. The van der Waals surface area contributed by atoms with Crippen LogP contribution in [0.1, 0.15) is 35.0 Å². The number of carbonyl (C=O) groups is 2. The smallest absolute Gasteiger partial charge is 0.434 e. The Hall–Kier alpha value is -3.10. The van der Waals surface area contributed by atoms with E-state index in [1.165, 1.54) is 18.2 Å². The molecule has 0 aliphatic heterocycles. The van der Waals surface area contributed by atoms with Gasteiger partial charge in [0.1, 0.15) is 6.04 Å². The van der Waals surface area contributed by atoms with Gasteiger partial charge in [-0.3, -0.25) is 4.79 Å². The maximum Gasteiger partial charge on any atom is 0.434 e. The number of nitrogens with zero attached hydrogens (tertiary/aromatic N) is 2. The molecule has 1 unspecified atom stereocenters. The SMILES string of the molecule is C/C=C/CC(NC(=O)c1cnn(-c2cccc(C)c2)c1C(F)(F)F)C(=O)O. The van der Waals surface area contributed by atoms with E-state index in [9.17, 15) is 22.8 Å². The lowest BCUT2D eigenvalue weighted by molar-refractivity contribution is -0.143. The van der Waals surface area contributed by atoms with Crippen molar-refractivity contribution in [1.29, 1.82) is 0 Å². The van der Waals surface area contributed by atoms with Gasteiger partial charge < -0.3 is 10.4 Å². The minimum atomic E-state index is -4.87. The molecule has 1 aromatic heterocycles.